The standard InChI is InChI=1S/C28H27N3O4/c1-34-28(33)25-15-21(27(32)20-8-10-23(11-9-20)31-13-5-12-30-31)14-22-17-29-26(16-24(22)25)35-18-19-6-3-2-4-7-19/h2-7,12-17,20,23H,8-11,18H2,1H3. The average molecular weight is 470 g/mol. The highest BCUT2D eigenvalue weighted by molar-refractivity contribution is 6.09. The van der Waals surface area contributed by atoms with Crippen LogP contribution in [0.5, 0.6) is 5.88 Å². The van der Waals surface area contributed by atoms with E-state index in [1.165, 1.54) is 7.11 Å². The zero-order chi connectivity index (χ0) is 24.2. The maximum Gasteiger partial charge on any atom is 0.338 e. The molecular weight excluding hydrogens is 442 g/mol. The Morgan fingerprint density at radius 2 is 1.83 bits per heavy atom. The van der Waals surface area contributed by atoms with Crippen LogP contribution in [0, 0.1) is 5.92 Å². The maximum absolute atomic E-state index is 13.4. The number of pyridine rings is 1. The van der Waals surface area contributed by atoms with Crippen LogP contribution in [-0.4, -0.2) is 33.6 Å². The van der Waals surface area contributed by atoms with Crippen LogP contribution in [0.1, 0.15) is 58.0 Å². The molecule has 0 atom stereocenters. The lowest BCUT2D eigenvalue weighted by Gasteiger charge is -2.28. The second-order valence-electron chi connectivity index (χ2n) is 8.89. The molecule has 2 heterocycles. The van der Waals surface area contributed by atoms with Gasteiger partial charge in [0.1, 0.15) is 6.61 Å². The highest BCUT2D eigenvalue weighted by Gasteiger charge is 2.29. The number of aromatic nitrogens is 3. The predicted octanol–water partition coefficient (Wildman–Crippen LogP) is 5.41. The number of ether oxygens (including phenoxy) is 2. The second-order valence-corrected chi connectivity index (χ2v) is 8.89. The predicted molar refractivity (Wildman–Crippen MR) is 131 cm³/mol. The van der Waals surface area contributed by atoms with Gasteiger partial charge in [-0.3, -0.25) is 9.48 Å². The summed E-state index contributed by atoms with van der Waals surface area (Å²) in [5, 5.41) is 5.69. The molecule has 0 saturated heterocycles. The van der Waals surface area contributed by atoms with E-state index in [-0.39, 0.29) is 11.7 Å². The molecular formula is C28H27N3O4. The Morgan fingerprint density at radius 1 is 1.03 bits per heavy atom. The first-order valence-corrected chi connectivity index (χ1v) is 11.8. The molecule has 1 aliphatic rings. The number of hydrogen-bond acceptors (Lipinski definition) is 6. The van der Waals surface area contributed by atoms with E-state index < -0.39 is 5.97 Å². The minimum absolute atomic E-state index is 0.0559. The fourth-order valence-electron chi connectivity index (χ4n) is 4.80. The van der Waals surface area contributed by atoms with Crippen molar-refractivity contribution in [3.05, 3.63) is 89.9 Å². The summed E-state index contributed by atoms with van der Waals surface area (Å²) in [6.07, 6.45) is 8.79. The van der Waals surface area contributed by atoms with Crippen LogP contribution in [-0.2, 0) is 11.3 Å². The Labute approximate surface area is 203 Å². The van der Waals surface area contributed by atoms with Crippen molar-refractivity contribution in [3.8, 4) is 5.88 Å². The summed E-state index contributed by atoms with van der Waals surface area (Å²) in [5.74, 6) is -0.110. The second kappa shape index (κ2) is 10.1. The number of carbonyl (C=O) groups excluding carboxylic acids is 2. The summed E-state index contributed by atoms with van der Waals surface area (Å²) in [5.41, 5.74) is 1.87. The summed E-state index contributed by atoms with van der Waals surface area (Å²) in [4.78, 5) is 30.4. The van der Waals surface area contributed by atoms with Gasteiger partial charge in [-0.15, -0.1) is 0 Å². The largest absolute Gasteiger partial charge is 0.473 e. The molecule has 35 heavy (non-hydrogen) atoms. The molecule has 178 valence electrons. The van der Waals surface area contributed by atoms with E-state index in [1.54, 1.807) is 24.5 Å². The maximum atomic E-state index is 13.4. The summed E-state index contributed by atoms with van der Waals surface area (Å²) in [7, 11) is 1.34. The normalized spacial score (nSPS) is 17.7. The molecule has 7 nitrogen and oxygen atoms in total. The summed E-state index contributed by atoms with van der Waals surface area (Å²) in [6.45, 7) is 0.366. The molecule has 0 N–H and O–H groups in total. The summed E-state index contributed by atoms with van der Waals surface area (Å²) < 4.78 is 12.9. The number of rotatable bonds is 7. The molecule has 0 unspecified atom stereocenters. The van der Waals surface area contributed by atoms with Crippen LogP contribution in [0.15, 0.2) is 73.2 Å². The minimum atomic E-state index is -0.493. The van der Waals surface area contributed by atoms with Gasteiger partial charge in [0, 0.05) is 46.9 Å². The molecule has 4 aromatic rings. The summed E-state index contributed by atoms with van der Waals surface area (Å²) in [6, 6.07) is 17.2. The van der Waals surface area contributed by atoms with Crippen LogP contribution >= 0.6 is 0 Å². The number of ketones is 1. The molecule has 0 aliphatic heterocycles. The van der Waals surface area contributed by atoms with Crippen LogP contribution in [0.3, 0.4) is 0 Å². The van der Waals surface area contributed by atoms with Gasteiger partial charge in [0.2, 0.25) is 5.88 Å². The number of nitrogens with zero attached hydrogens (tertiary/aromatic N) is 3. The third-order valence-electron chi connectivity index (χ3n) is 6.70. The van der Waals surface area contributed by atoms with Gasteiger partial charge in [0.25, 0.3) is 0 Å². The lowest BCUT2D eigenvalue weighted by molar-refractivity contribution is 0.0603. The van der Waals surface area contributed by atoms with Crippen molar-refractivity contribution in [3.63, 3.8) is 0 Å². The van der Waals surface area contributed by atoms with Gasteiger partial charge in [-0.25, -0.2) is 9.78 Å². The van der Waals surface area contributed by atoms with Gasteiger partial charge in [0.15, 0.2) is 5.78 Å². The zero-order valence-corrected chi connectivity index (χ0v) is 19.6. The number of hydrogen-bond donors (Lipinski definition) is 0. The van der Waals surface area contributed by atoms with Crippen LogP contribution in [0.2, 0.25) is 0 Å². The Morgan fingerprint density at radius 3 is 2.54 bits per heavy atom. The van der Waals surface area contributed by atoms with E-state index in [9.17, 15) is 9.59 Å². The Kier molecular flexibility index (Phi) is 6.57. The van der Waals surface area contributed by atoms with Gasteiger partial charge in [-0.05, 0) is 49.4 Å². The summed E-state index contributed by atoms with van der Waals surface area (Å²) >= 11 is 0. The van der Waals surface area contributed by atoms with E-state index in [1.807, 2.05) is 53.3 Å². The molecule has 7 heteroatoms. The van der Waals surface area contributed by atoms with E-state index in [4.69, 9.17) is 9.47 Å². The van der Waals surface area contributed by atoms with Crippen molar-refractivity contribution in [2.75, 3.05) is 7.11 Å². The Balaban J connectivity index is 1.38. The highest BCUT2D eigenvalue weighted by atomic mass is 16.5. The fraction of sp³-hybridized carbons (Fsp3) is 0.286. The molecule has 1 fully saturated rings. The van der Waals surface area contributed by atoms with Crippen molar-refractivity contribution >= 4 is 22.5 Å². The van der Waals surface area contributed by atoms with Gasteiger partial charge in [-0.2, -0.15) is 5.10 Å². The lowest BCUT2D eigenvalue weighted by atomic mass is 9.81. The Bertz CT molecular complexity index is 1330. The molecule has 2 aromatic carbocycles. The molecule has 2 aromatic heterocycles. The van der Waals surface area contributed by atoms with E-state index in [2.05, 4.69) is 10.1 Å². The van der Waals surface area contributed by atoms with Crippen molar-refractivity contribution in [2.45, 2.75) is 38.3 Å². The first-order valence-electron chi connectivity index (χ1n) is 11.8. The quantitative estimate of drug-likeness (QED) is 0.266. The fourth-order valence-corrected chi connectivity index (χ4v) is 4.80. The number of carbonyl (C=O) groups is 2. The number of benzene rings is 2. The number of methoxy groups -OCH3 is 1. The SMILES string of the molecule is COC(=O)c1cc(C(=O)C2CCC(n3cccn3)CC2)cc2cnc(OCc3ccccc3)cc12. The van der Waals surface area contributed by atoms with E-state index >= 15 is 0 Å². The molecule has 0 amide bonds. The van der Waals surface area contributed by atoms with Crippen LogP contribution < -0.4 is 4.74 Å². The topological polar surface area (TPSA) is 83.3 Å². The lowest BCUT2D eigenvalue weighted by Crippen LogP contribution is -2.24. The average Bonchev–Trinajstić information content (AvgIpc) is 3.46. The van der Waals surface area contributed by atoms with Crippen LogP contribution in [0.4, 0.5) is 0 Å². The molecule has 0 radical (unpaired) electrons. The van der Waals surface area contributed by atoms with E-state index in [0.29, 0.717) is 40.4 Å². The van der Waals surface area contributed by atoms with Crippen molar-refractivity contribution in [1.82, 2.24) is 14.8 Å². The van der Waals surface area contributed by atoms with Crippen molar-refractivity contribution in [1.29, 1.82) is 0 Å². The van der Waals surface area contributed by atoms with Crippen LogP contribution in [0.25, 0.3) is 10.8 Å². The molecule has 1 aliphatic carbocycles. The molecule has 0 bridgehead atoms. The smallest absolute Gasteiger partial charge is 0.338 e. The molecule has 5 rings (SSSR count). The first kappa shape index (κ1) is 22.8. The van der Waals surface area contributed by atoms with E-state index in [0.717, 1.165) is 31.2 Å². The van der Waals surface area contributed by atoms with Crippen molar-refractivity contribution < 1.29 is 19.1 Å². The zero-order valence-electron chi connectivity index (χ0n) is 19.6. The highest BCUT2D eigenvalue weighted by Crippen LogP contribution is 2.35. The van der Waals surface area contributed by atoms with Crippen molar-refractivity contribution in [2.24, 2.45) is 5.92 Å². The minimum Gasteiger partial charge on any atom is -0.473 e. The molecule has 1 saturated carbocycles. The number of fused-ring (bicyclic) bond motifs is 1. The third kappa shape index (κ3) is 4.94. The number of esters is 1. The monoisotopic (exact) mass is 469 g/mol. The third-order valence-corrected chi connectivity index (χ3v) is 6.70. The Hall–Kier alpha value is -4.00. The van der Waals surface area contributed by atoms with Gasteiger partial charge >= 0.3 is 5.97 Å². The first-order chi connectivity index (χ1) is 17.1. The van der Waals surface area contributed by atoms with Gasteiger partial charge < -0.3 is 9.47 Å². The van der Waals surface area contributed by atoms with Gasteiger partial charge in [0.05, 0.1) is 18.7 Å². The number of Topliss-reactive ketones (excluding diaryl/α,β-unsaturated/α-hetero) is 1. The molecule has 0 spiro atoms. The van der Waals surface area contributed by atoms with Gasteiger partial charge in [-0.1, -0.05) is 30.3 Å².